The van der Waals surface area contributed by atoms with Crippen molar-refractivity contribution in [1.82, 2.24) is 0 Å². The third kappa shape index (κ3) is 3.01. The van der Waals surface area contributed by atoms with Crippen LogP contribution in [0.25, 0.3) is 10.8 Å². The van der Waals surface area contributed by atoms with E-state index in [1.807, 2.05) is 24.3 Å². The van der Waals surface area contributed by atoms with Gasteiger partial charge in [-0.3, -0.25) is 0 Å². The molecule has 2 rings (SSSR count). The lowest BCUT2D eigenvalue weighted by Gasteiger charge is -2.14. The van der Waals surface area contributed by atoms with E-state index in [1.165, 1.54) is 0 Å². The molecule has 0 aromatic heterocycles. The van der Waals surface area contributed by atoms with Crippen molar-refractivity contribution >= 4 is 16.7 Å². The molecular weight excluding hydrogens is 272 g/mol. The molecule has 2 nitrogen and oxygen atoms in total. The molecule has 0 aliphatic carbocycles. The number of allylic oxidation sites excluding steroid dienone is 3. The molecule has 0 unspecified atom stereocenters. The Bertz CT molecular complexity index is 754. The predicted octanol–water partition coefficient (Wildman–Crippen LogP) is 4.72. The van der Waals surface area contributed by atoms with Crippen LogP contribution in [0, 0.1) is 0 Å². The van der Waals surface area contributed by atoms with E-state index in [0.717, 1.165) is 33.9 Å². The number of carboxylic acids is 1. The minimum Gasteiger partial charge on any atom is -0.478 e. The average Bonchev–Trinajstić information content (AvgIpc) is 2.49. The summed E-state index contributed by atoms with van der Waals surface area (Å²) in [6.45, 7) is 11.4. The summed E-state index contributed by atoms with van der Waals surface area (Å²) < 4.78 is 0. The number of carbonyl (C=O) groups is 1. The molecule has 0 saturated carbocycles. The summed E-state index contributed by atoms with van der Waals surface area (Å²) in [7, 11) is 0. The highest BCUT2D eigenvalue weighted by atomic mass is 16.4. The molecule has 2 aromatic carbocycles. The third-order valence-corrected chi connectivity index (χ3v) is 3.73. The molecule has 0 bridgehead atoms. The van der Waals surface area contributed by atoms with Gasteiger partial charge in [-0.15, -0.1) is 19.7 Å². The van der Waals surface area contributed by atoms with Crippen LogP contribution >= 0.6 is 0 Å². The molecule has 0 atom stereocenters. The monoisotopic (exact) mass is 292 g/mol. The number of hydrogen-bond donors (Lipinski definition) is 1. The van der Waals surface area contributed by atoms with E-state index >= 15 is 0 Å². The first-order chi connectivity index (χ1) is 10.6. The van der Waals surface area contributed by atoms with Crippen LogP contribution in [0.3, 0.4) is 0 Å². The summed E-state index contributed by atoms with van der Waals surface area (Å²) in [6, 6.07) is 7.68. The van der Waals surface area contributed by atoms with Gasteiger partial charge in [-0.25, -0.2) is 4.79 Å². The molecule has 0 aliphatic heterocycles. The van der Waals surface area contributed by atoms with Crippen LogP contribution in [-0.4, -0.2) is 11.1 Å². The van der Waals surface area contributed by atoms with Crippen LogP contribution in [0.2, 0.25) is 0 Å². The van der Waals surface area contributed by atoms with E-state index < -0.39 is 5.97 Å². The Kier molecular flexibility index (Phi) is 4.95. The van der Waals surface area contributed by atoms with Crippen molar-refractivity contribution < 1.29 is 9.90 Å². The topological polar surface area (TPSA) is 37.3 Å². The Hall–Kier alpha value is -2.61. The van der Waals surface area contributed by atoms with Gasteiger partial charge in [0.15, 0.2) is 0 Å². The van der Waals surface area contributed by atoms with Gasteiger partial charge in [-0.05, 0) is 52.8 Å². The summed E-state index contributed by atoms with van der Waals surface area (Å²) in [5, 5.41) is 11.3. The second kappa shape index (κ2) is 6.90. The average molecular weight is 292 g/mol. The minimum absolute atomic E-state index is 0.338. The van der Waals surface area contributed by atoms with Gasteiger partial charge in [-0.1, -0.05) is 36.4 Å². The molecule has 22 heavy (non-hydrogen) atoms. The molecule has 0 amide bonds. The van der Waals surface area contributed by atoms with Crippen LogP contribution in [-0.2, 0) is 19.3 Å². The van der Waals surface area contributed by atoms with Gasteiger partial charge in [0.2, 0.25) is 0 Å². The van der Waals surface area contributed by atoms with E-state index in [0.29, 0.717) is 18.4 Å². The van der Waals surface area contributed by atoms with Crippen LogP contribution in [0.5, 0.6) is 0 Å². The highest BCUT2D eigenvalue weighted by molar-refractivity contribution is 6.05. The van der Waals surface area contributed by atoms with Gasteiger partial charge in [-0.2, -0.15) is 0 Å². The Morgan fingerprint density at radius 1 is 0.955 bits per heavy atom. The Morgan fingerprint density at radius 2 is 1.64 bits per heavy atom. The SMILES string of the molecule is C=CCc1cc(C(=O)O)c2ccc(CC=C)c(CC=C)c2c1. The van der Waals surface area contributed by atoms with E-state index in [4.69, 9.17) is 0 Å². The van der Waals surface area contributed by atoms with Gasteiger partial charge >= 0.3 is 5.97 Å². The zero-order valence-electron chi connectivity index (χ0n) is 12.6. The van der Waals surface area contributed by atoms with Crippen molar-refractivity contribution in [3.63, 3.8) is 0 Å². The zero-order valence-corrected chi connectivity index (χ0v) is 12.6. The highest BCUT2D eigenvalue weighted by Gasteiger charge is 2.14. The second-order valence-corrected chi connectivity index (χ2v) is 5.23. The van der Waals surface area contributed by atoms with Crippen LogP contribution in [0.15, 0.2) is 62.2 Å². The third-order valence-electron chi connectivity index (χ3n) is 3.73. The summed E-state index contributed by atoms with van der Waals surface area (Å²) in [6.07, 6.45) is 7.61. The van der Waals surface area contributed by atoms with Gasteiger partial charge in [0.1, 0.15) is 0 Å². The molecule has 0 aliphatic rings. The summed E-state index contributed by atoms with van der Waals surface area (Å²) in [4.78, 5) is 11.6. The molecule has 0 fully saturated rings. The number of benzene rings is 2. The second-order valence-electron chi connectivity index (χ2n) is 5.23. The number of aromatic carboxylic acids is 1. The molecule has 2 heteroatoms. The van der Waals surface area contributed by atoms with Crippen molar-refractivity contribution in [1.29, 1.82) is 0 Å². The van der Waals surface area contributed by atoms with E-state index in [9.17, 15) is 9.90 Å². The largest absolute Gasteiger partial charge is 0.478 e. The standard InChI is InChI=1S/C20H20O2/c1-4-7-14-12-18-16(9-6-3)15(8-5-2)10-11-17(18)19(13-14)20(21)22/h4-6,10-13H,1-3,7-9H2,(H,21,22). The Labute approximate surface area is 131 Å². The normalized spacial score (nSPS) is 10.4. The van der Waals surface area contributed by atoms with Crippen LogP contribution in [0.4, 0.5) is 0 Å². The summed E-state index contributed by atoms with van der Waals surface area (Å²) in [5.74, 6) is -0.906. The first kappa shape index (κ1) is 15.8. The lowest BCUT2D eigenvalue weighted by Crippen LogP contribution is -2.02. The zero-order chi connectivity index (χ0) is 16.1. The smallest absolute Gasteiger partial charge is 0.336 e. The molecule has 0 spiro atoms. The maximum atomic E-state index is 11.6. The minimum atomic E-state index is -0.906. The van der Waals surface area contributed by atoms with Gasteiger partial charge < -0.3 is 5.11 Å². The number of carboxylic acid groups (broad SMARTS) is 1. The lowest BCUT2D eigenvalue weighted by molar-refractivity contribution is 0.0699. The number of rotatable bonds is 7. The fourth-order valence-electron chi connectivity index (χ4n) is 2.79. The van der Waals surface area contributed by atoms with Crippen molar-refractivity contribution in [2.75, 3.05) is 0 Å². The highest BCUT2D eigenvalue weighted by Crippen LogP contribution is 2.29. The van der Waals surface area contributed by atoms with E-state index in [-0.39, 0.29) is 0 Å². The summed E-state index contributed by atoms with van der Waals surface area (Å²) in [5.41, 5.74) is 3.58. The molecule has 0 saturated heterocycles. The summed E-state index contributed by atoms with van der Waals surface area (Å²) >= 11 is 0. The van der Waals surface area contributed by atoms with Gasteiger partial charge in [0.25, 0.3) is 0 Å². The molecule has 0 radical (unpaired) electrons. The van der Waals surface area contributed by atoms with E-state index in [1.54, 1.807) is 12.1 Å². The lowest BCUT2D eigenvalue weighted by atomic mass is 9.90. The molecule has 2 aromatic rings. The Morgan fingerprint density at radius 3 is 2.23 bits per heavy atom. The van der Waals surface area contributed by atoms with Crippen molar-refractivity contribution in [3.05, 3.63) is 84.5 Å². The van der Waals surface area contributed by atoms with E-state index in [2.05, 4.69) is 25.8 Å². The van der Waals surface area contributed by atoms with Gasteiger partial charge in [0, 0.05) is 0 Å². The maximum absolute atomic E-state index is 11.6. The number of hydrogen-bond acceptors (Lipinski definition) is 1. The quantitative estimate of drug-likeness (QED) is 0.749. The van der Waals surface area contributed by atoms with Crippen molar-refractivity contribution in [2.45, 2.75) is 19.3 Å². The van der Waals surface area contributed by atoms with Crippen LogP contribution in [0.1, 0.15) is 27.0 Å². The van der Waals surface area contributed by atoms with Gasteiger partial charge in [0.05, 0.1) is 5.56 Å². The fourth-order valence-corrected chi connectivity index (χ4v) is 2.79. The molecule has 112 valence electrons. The van der Waals surface area contributed by atoms with Crippen molar-refractivity contribution in [2.24, 2.45) is 0 Å². The first-order valence-corrected chi connectivity index (χ1v) is 7.25. The van der Waals surface area contributed by atoms with Crippen molar-refractivity contribution in [3.8, 4) is 0 Å². The fraction of sp³-hybridized carbons (Fsp3) is 0.150. The van der Waals surface area contributed by atoms with Crippen LogP contribution < -0.4 is 0 Å². The molecular formula is C20H20O2. The predicted molar refractivity (Wildman–Crippen MR) is 92.6 cm³/mol. The first-order valence-electron chi connectivity index (χ1n) is 7.25. The number of fused-ring (bicyclic) bond motifs is 1. The molecule has 1 N–H and O–H groups in total. The maximum Gasteiger partial charge on any atom is 0.336 e. The molecule has 0 heterocycles. The Balaban J connectivity index is 2.84.